The normalized spacial score (nSPS) is 9.25. The molecule has 0 N–H and O–H groups in total. The number of methoxy groups -OCH3 is 1. The summed E-state index contributed by atoms with van der Waals surface area (Å²) in [4.78, 5) is 0. The molecule has 3 heteroatoms. The van der Waals surface area contributed by atoms with E-state index in [9.17, 15) is 4.39 Å². The van der Waals surface area contributed by atoms with Crippen LogP contribution >= 0.6 is 0 Å². The molecule has 0 atom stereocenters. The van der Waals surface area contributed by atoms with E-state index in [0.29, 0.717) is 0 Å². The van der Waals surface area contributed by atoms with Crippen LogP contribution in [-0.4, -0.2) is 7.11 Å². The van der Waals surface area contributed by atoms with E-state index in [1.807, 2.05) is 0 Å². The van der Waals surface area contributed by atoms with E-state index in [1.54, 1.807) is 0 Å². The molecular weight excluding hydrogens is 111 g/mol. The van der Waals surface area contributed by atoms with E-state index in [-0.39, 0.29) is 5.95 Å². The molecule has 0 amide bonds. The lowest BCUT2D eigenvalue weighted by atomic mass is 10.6. The van der Waals surface area contributed by atoms with Crippen LogP contribution < -0.4 is 4.74 Å². The first kappa shape index (κ1) is 5.15. The summed E-state index contributed by atoms with van der Waals surface area (Å²) in [6.07, 6.45) is 0. The SMILES string of the molecule is COc1ccc(F)o1. The summed E-state index contributed by atoms with van der Waals surface area (Å²) in [6, 6.07) is 1.98. The van der Waals surface area contributed by atoms with Crippen LogP contribution in [0.5, 0.6) is 5.95 Å². The van der Waals surface area contributed by atoms with Gasteiger partial charge in [0.15, 0.2) is 0 Å². The first-order valence-electron chi connectivity index (χ1n) is 2.12. The van der Waals surface area contributed by atoms with Gasteiger partial charge in [0, 0.05) is 12.1 Å². The van der Waals surface area contributed by atoms with Crippen molar-refractivity contribution < 1.29 is 13.5 Å². The summed E-state index contributed by atoms with van der Waals surface area (Å²) < 4.78 is 20.7. The van der Waals surface area contributed by atoms with Gasteiger partial charge >= 0.3 is 0 Å². The molecule has 8 heavy (non-hydrogen) atoms. The van der Waals surface area contributed by atoms with Crippen molar-refractivity contribution in [3.8, 4) is 5.95 Å². The zero-order valence-corrected chi connectivity index (χ0v) is 4.35. The molecule has 1 rings (SSSR count). The largest absolute Gasteiger partial charge is 0.468 e. The van der Waals surface area contributed by atoms with E-state index in [2.05, 4.69) is 9.15 Å². The number of hydrogen-bond donors (Lipinski definition) is 0. The summed E-state index contributed by atoms with van der Waals surface area (Å²) in [5.41, 5.74) is 0. The molecule has 0 radical (unpaired) electrons. The second kappa shape index (κ2) is 1.86. The van der Waals surface area contributed by atoms with Gasteiger partial charge in [-0.1, -0.05) is 0 Å². The van der Waals surface area contributed by atoms with Gasteiger partial charge in [-0.3, -0.25) is 0 Å². The Hall–Kier alpha value is -0.990. The first-order valence-corrected chi connectivity index (χ1v) is 2.12. The third-order valence-corrected chi connectivity index (χ3v) is 0.750. The van der Waals surface area contributed by atoms with E-state index in [1.165, 1.54) is 19.2 Å². The fourth-order valence-electron chi connectivity index (χ4n) is 0.407. The monoisotopic (exact) mass is 116 g/mol. The van der Waals surface area contributed by atoms with Crippen molar-refractivity contribution in [2.45, 2.75) is 0 Å². The van der Waals surface area contributed by atoms with Crippen molar-refractivity contribution in [1.82, 2.24) is 0 Å². The van der Waals surface area contributed by atoms with Gasteiger partial charge in [0.25, 0.3) is 12.0 Å². The number of halogens is 1. The Bertz CT molecular complexity index is 171. The van der Waals surface area contributed by atoms with Gasteiger partial charge in [-0.15, -0.1) is 0 Å². The molecule has 1 aromatic rings. The van der Waals surface area contributed by atoms with Gasteiger partial charge in [-0.05, 0) is 0 Å². The molecule has 0 unspecified atom stereocenters. The molecule has 0 spiro atoms. The zero-order chi connectivity index (χ0) is 5.98. The lowest BCUT2D eigenvalue weighted by Crippen LogP contribution is -1.75. The Kier molecular flexibility index (Phi) is 1.20. The number of rotatable bonds is 1. The van der Waals surface area contributed by atoms with E-state index in [4.69, 9.17) is 0 Å². The lowest BCUT2D eigenvalue weighted by Gasteiger charge is -1.86. The van der Waals surface area contributed by atoms with Crippen LogP contribution in [0.3, 0.4) is 0 Å². The molecule has 0 aromatic carbocycles. The maximum Gasteiger partial charge on any atom is 0.286 e. The van der Waals surface area contributed by atoms with Crippen LogP contribution in [0.2, 0.25) is 0 Å². The second-order valence-corrected chi connectivity index (χ2v) is 1.26. The number of ether oxygens (including phenoxy) is 1. The van der Waals surface area contributed by atoms with Gasteiger partial charge in [-0.2, -0.15) is 4.39 Å². The van der Waals surface area contributed by atoms with E-state index >= 15 is 0 Å². The highest BCUT2D eigenvalue weighted by Gasteiger charge is 1.96. The van der Waals surface area contributed by atoms with Crippen LogP contribution in [0.25, 0.3) is 0 Å². The molecule has 0 saturated carbocycles. The van der Waals surface area contributed by atoms with Crippen molar-refractivity contribution in [3.63, 3.8) is 0 Å². The molecular formula is C5H5FO2. The van der Waals surface area contributed by atoms with Crippen LogP contribution in [0.4, 0.5) is 4.39 Å². The first-order chi connectivity index (χ1) is 3.83. The highest BCUT2D eigenvalue weighted by Crippen LogP contribution is 2.12. The smallest absolute Gasteiger partial charge is 0.286 e. The van der Waals surface area contributed by atoms with Crippen molar-refractivity contribution in [3.05, 3.63) is 18.1 Å². The maximum absolute atomic E-state index is 11.9. The van der Waals surface area contributed by atoms with Crippen molar-refractivity contribution in [2.24, 2.45) is 0 Å². The van der Waals surface area contributed by atoms with Gasteiger partial charge < -0.3 is 9.15 Å². The summed E-state index contributed by atoms with van der Waals surface area (Å²) in [6.45, 7) is 0. The predicted molar refractivity (Wildman–Crippen MR) is 25.2 cm³/mol. The highest BCUT2D eigenvalue weighted by molar-refractivity contribution is 5.04. The van der Waals surface area contributed by atoms with E-state index < -0.39 is 6.01 Å². The Labute approximate surface area is 45.9 Å². The minimum Gasteiger partial charge on any atom is -0.468 e. The molecule has 44 valence electrons. The van der Waals surface area contributed by atoms with Crippen molar-refractivity contribution in [1.29, 1.82) is 0 Å². The van der Waals surface area contributed by atoms with Crippen LogP contribution in [0.15, 0.2) is 16.5 Å². The molecule has 0 aliphatic carbocycles. The molecule has 0 saturated heterocycles. The van der Waals surface area contributed by atoms with E-state index in [0.717, 1.165) is 0 Å². The Balaban J connectivity index is 2.84. The Morgan fingerprint density at radius 1 is 1.62 bits per heavy atom. The number of furan rings is 1. The Morgan fingerprint density at radius 3 is 2.62 bits per heavy atom. The van der Waals surface area contributed by atoms with Gasteiger partial charge in [0.1, 0.15) is 0 Å². The fourth-order valence-corrected chi connectivity index (χ4v) is 0.407. The molecule has 1 heterocycles. The minimum absolute atomic E-state index is 0.197. The average Bonchev–Trinajstić information content (AvgIpc) is 2.14. The van der Waals surface area contributed by atoms with Gasteiger partial charge in [0.05, 0.1) is 7.11 Å². The third-order valence-electron chi connectivity index (χ3n) is 0.750. The molecule has 2 nitrogen and oxygen atoms in total. The lowest BCUT2D eigenvalue weighted by molar-refractivity contribution is 0.252. The second-order valence-electron chi connectivity index (χ2n) is 1.26. The van der Waals surface area contributed by atoms with Crippen LogP contribution in [0, 0.1) is 6.01 Å². The predicted octanol–water partition coefficient (Wildman–Crippen LogP) is 1.43. The fraction of sp³-hybridized carbons (Fsp3) is 0.200. The highest BCUT2D eigenvalue weighted by atomic mass is 19.1. The van der Waals surface area contributed by atoms with Crippen LogP contribution in [0.1, 0.15) is 0 Å². The van der Waals surface area contributed by atoms with Gasteiger partial charge in [0.2, 0.25) is 0 Å². The summed E-state index contributed by atoms with van der Waals surface area (Å²) in [5.74, 6) is 0.197. The topological polar surface area (TPSA) is 22.4 Å². The summed E-state index contributed by atoms with van der Waals surface area (Å²) in [5, 5.41) is 0. The Morgan fingerprint density at radius 2 is 2.38 bits per heavy atom. The molecule has 0 aliphatic heterocycles. The molecule has 0 aliphatic rings. The quantitative estimate of drug-likeness (QED) is 0.553. The third kappa shape index (κ3) is 0.804. The average molecular weight is 116 g/mol. The maximum atomic E-state index is 11.9. The summed E-state index contributed by atoms with van der Waals surface area (Å²) in [7, 11) is 1.41. The molecule has 1 aromatic heterocycles. The minimum atomic E-state index is -0.623. The molecule has 0 bridgehead atoms. The zero-order valence-electron chi connectivity index (χ0n) is 4.35. The number of hydrogen-bond acceptors (Lipinski definition) is 2. The molecule has 0 fully saturated rings. The van der Waals surface area contributed by atoms with Gasteiger partial charge in [-0.25, -0.2) is 0 Å². The summed E-state index contributed by atoms with van der Waals surface area (Å²) >= 11 is 0. The standard InChI is InChI=1S/C5H5FO2/c1-7-5-3-2-4(6)8-5/h2-3H,1H3. The van der Waals surface area contributed by atoms with Crippen molar-refractivity contribution >= 4 is 0 Å². The van der Waals surface area contributed by atoms with Crippen LogP contribution in [-0.2, 0) is 0 Å². The van der Waals surface area contributed by atoms with Crippen molar-refractivity contribution in [2.75, 3.05) is 7.11 Å².